The number of rotatable bonds is 11. The molecule has 31 heavy (non-hydrogen) atoms. The van der Waals surface area contributed by atoms with Crippen molar-refractivity contribution in [3.63, 3.8) is 0 Å². The fourth-order valence-electron chi connectivity index (χ4n) is 3.53. The van der Waals surface area contributed by atoms with Gasteiger partial charge < -0.3 is 9.72 Å². The molecule has 0 aliphatic heterocycles. The minimum atomic E-state index is -0.378. The van der Waals surface area contributed by atoms with Crippen LogP contribution in [0.3, 0.4) is 0 Å². The number of halogens is 1. The second-order valence-electron chi connectivity index (χ2n) is 7.95. The maximum absolute atomic E-state index is 14.6. The first-order valence-electron chi connectivity index (χ1n) is 11.1. The molecule has 0 saturated carbocycles. The number of nitrogens with one attached hydrogen (secondary N) is 1. The summed E-state index contributed by atoms with van der Waals surface area (Å²) in [7, 11) is 0. The van der Waals surface area contributed by atoms with Crippen LogP contribution < -0.4 is 5.69 Å². The molecule has 3 rings (SSSR count). The molecule has 0 aliphatic carbocycles. The van der Waals surface area contributed by atoms with E-state index in [1.807, 2.05) is 36.4 Å². The van der Waals surface area contributed by atoms with Crippen molar-refractivity contribution in [1.82, 2.24) is 9.97 Å². The number of benzene rings is 2. The molecule has 1 heterocycles. The van der Waals surface area contributed by atoms with Gasteiger partial charge in [-0.15, -0.1) is 0 Å². The first-order chi connectivity index (χ1) is 15.1. The first-order valence-corrected chi connectivity index (χ1v) is 11.1. The number of aromatic amines is 1. The summed E-state index contributed by atoms with van der Waals surface area (Å²) < 4.78 is 20.4. The Labute approximate surface area is 183 Å². The van der Waals surface area contributed by atoms with Crippen LogP contribution in [0.4, 0.5) is 4.39 Å². The van der Waals surface area contributed by atoms with Crippen LogP contribution in [0.1, 0.15) is 57.9 Å². The van der Waals surface area contributed by atoms with Crippen LogP contribution in [-0.4, -0.2) is 22.7 Å². The Hall–Kier alpha value is -2.79. The molecule has 5 heteroatoms. The molecule has 0 radical (unpaired) electrons. The molecule has 0 saturated heterocycles. The lowest BCUT2D eigenvalue weighted by atomic mass is 10.0. The molecule has 164 valence electrons. The van der Waals surface area contributed by atoms with Gasteiger partial charge in [-0.3, -0.25) is 0 Å². The molecule has 0 amide bonds. The maximum atomic E-state index is 14.6. The van der Waals surface area contributed by atoms with Gasteiger partial charge in [-0.1, -0.05) is 50.1 Å². The summed E-state index contributed by atoms with van der Waals surface area (Å²) in [5, 5.41) is 0.810. The molecule has 0 bridgehead atoms. The summed E-state index contributed by atoms with van der Waals surface area (Å²) in [4.78, 5) is 17.8. The van der Waals surface area contributed by atoms with Gasteiger partial charge >= 0.3 is 5.69 Å². The van der Waals surface area contributed by atoms with E-state index in [2.05, 4.69) is 23.8 Å². The third kappa shape index (κ3) is 6.86. The van der Waals surface area contributed by atoms with Gasteiger partial charge in [-0.25, -0.2) is 14.2 Å². The monoisotopic (exact) mass is 422 g/mol. The average Bonchev–Trinajstić information content (AvgIpc) is 2.77. The van der Waals surface area contributed by atoms with Crippen molar-refractivity contribution in [3.8, 4) is 11.1 Å². The van der Waals surface area contributed by atoms with Gasteiger partial charge in [0.15, 0.2) is 0 Å². The van der Waals surface area contributed by atoms with E-state index in [1.54, 1.807) is 12.1 Å². The Kier molecular flexibility index (Phi) is 8.53. The summed E-state index contributed by atoms with van der Waals surface area (Å²) in [5.74, 6) is -0.249. The van der Waals surface area contributed by atoms with Crippen molar-refractivity contribution in [2.24, 2.45) is 0 Å². The van der Waals surface area contributed by atoms with Crippen molar-refractivity contribution in [2.75, 3.05) is 6.61 Å². The molecule has 0 fully saturated rings. The van der Waals surface area contributed by atoms with E-state index in [1.165, 1.54) is 19.0 Å². The van der Waals surface area contributed by atoms with Crippen molar-refractivity contribution in [3.05, 3.63) is 70.5 Å². The molecule has 1 atom stereocenters. The molecule has 1 aromatic heterocycles. The van der Waals surface area contributed by atoms with Crippen LogP contribution >= 0.6 is 0 Å². The van der Waals surface area contributed by atoms with Crippen molar-refractivity contribution in [1.29, 1.82) is 0 Å². The smallest absolute Gasteiger partial charge is 0.345 e. The van der Waals surface area contributed by atoms with Gasteiger partial charge in [-0.05, 0) is 61.9 Å². The number of hydrogen-bond donors (Lipinski definition) is 1. The zero-order chi connectivity index (χ0) is 22.1. The Morgan fingerprint density at radius 1 is 1.13 bits per heavy atom. The van der Waals surface area contributed by atoms with E-state index < -0.39 is 0 Å². The largest absolute Gasteiger partial charge is 0.379 e. The number of hydrogen-bond acceptors (Lipinski definition) is 3. The second kappa shape index (κ2) is 11.6. The van der Waals surface area contributed by atoms with E-state index in [-0.39, 0.29) is 17.6 Å². The number of nitrogens with zero attached hydrogens (tertiary/aromatic N) is 1. The van der Waals surface area contributed by atoms with E-state index in [0.717, 1.165) is 48.8 Å². The van der Waals surface area contributed by atoms with Gasteiger partial charge in [0.05, 0.1) is 11.6 Å². The van der Waals surface area contributed by atoms with E-state index in [0.29, 0.717) is 11.1 Å². The van der Waals surface area contributed by atoms with Crippen molar-refractivity contribution in [2.45, 2.75) is 58.5 Å². The summed E-state index contributed by atoms with van der Waals surface area (Å²) in [5.41, 5.74) is 2.58. The Morgan fingerprint density at radius 2 is 1.94 bits per heavy atom. The molecular formula is C26H31FN2O2. The molecule has 2 aromatic carbocycles. The van der Waals surface area contributed by atoms with E-state index >= 15 is 0 Å². The lowest BCUT2D eigenvalue weighted by Crippen LogP contribution is -2.08. The summed E-state index contributed by atoms with van der Waals surface area (Å²) >= 11 is 0. The predicted octanol–water partition coefficient (Wildman–Crippen LogP) is 6.51. The van der Waals surface area contributed by atoms with Gasteiger partial charge in [-0.2, -0.15) is 0 Å². The fraction of sp³-hybridized carbons (Fsp3) is 0.385. The Balaban J connectivity index is 1.53. The van der Waals surface area contributed by atoms with Gasteiger partial charge in [0.2, 0.25) is 0 Å². The normalized spacial score (nSPS) is 12.6. The topological polar surface area (TPSA) is 55.0 Å². The third-order valence-corrected chi connectivity index (χ3v) is 5.38. The number of H-pyrrole nitrogens is 1. The second-order valence-corrected chi connectivity index (χ2v) is 7.95. The highest BCUT2D eigenvalue weighted by Gasteiger charge is 2.05. The van der Waals surface area contributed by atoms with Gasteiger partial charge in [0, 0.05) is 23.8 Å². The highest BCUT2D eigenvalue weighted by molar-refractivity contribution is 5.83. The molecule has 0 spiro atoms. The third-order valence-electron chi connectivity index (χ3n) is 5.38. The number of aromatic nitrogens is 2. The lowest BCUT2D eigenvalue weighted by molar-refractivity contribution is 0.0566. The number of ether oxygens (including phenoxy) is 1. The quantitative estimate of drug-likeness (QED) is 0.359. The zero-order valence-corrected chi connectivity index (χ0v) is 18.4. The van der Waals surface area contributed by atoms with E-state index in [9.17, 15) is 9.18 Å². The predicted molar refractivity (Wildman–Crippen MR) is 126 cm³/mol. The average molecular weight is 423 g/mol. The van der Waals surface area contributed by atoms with Gasteiger partial charge in [0.25, 0.3) is 0 Å². The van der Waals surface area contributed by atoms with Crippen LogP contribution in [0.15, 0.2) is 53.5 Å². The standard InChI is InChI=1S/C26H31FN2O2/c1-3-4-8-15-31-19(2)9-6-5-7-10-20-11-12-22(17-24(20)27)21-13-14-25-23(16-21)18-28-26(30)29-25/h7,10-14,16-19H,3-6,8-9,15H2,1-2H3,(H,28,29,30)/b10-7+. The molecule has 4 nitrogen and oxygen atoms in total. The first kappa shape index (κ1) is 22.9. The fourth-order valence-corrected chi connectivity index (χ4v) is 3.53. The summed E-state index contributed by atoms with van der Waals surface area (Å²) in [6, 6.07) is 10.8. The highest BCUT2D eigenvalue weighted by atomic mass is 19.1. The maximum Gasteiger partial charge on any atom is 0.345 e. The lowest BCUT2D eigenvalue weighted by Gasteiger charge is -2.12. The van der Waals surface area contributed by atoms with Crippen LogP contribution in [0.25, 0.3) is 28.1 Å². The van der Waals surface area contributed by atoms with Crippen molar-refractivity contribution < 1.29 is 9.13 Å². The molecule has 0 aliphatic rings. The van der Waals surface area contributed by atoms with Gasteiger partial charge in [0.1, 0.15) is 5.82 Å². The van der Waals surface area contributed by atoms with Crippen LogP contribution in [0.2, 0.25) is 0 Å². The SMILES string of the molecule is CCCCCOC(C)CCC/C=C/c1ccc(-c2ccc3[nH]c(=O)ncc3c2)cc1F. The Bertz CT molecular complexity index is 1070. The minimum Gasteiger partial charge on any atom is -0.379 e. The summed E-state index contributed by atoms with van der Waals surface area (Å²) in [6.45, 7) is 5.15. The van der Waals surface area contributed by atoms with E-state index in [4.69, 9.17) is 4.74 Å². The highest BCUT2D eigenvalue weighted by Crippen LogP contribution is 2.25. The number of unbranched alkanes of at least 4 members (excludes halogenated alkanes) is 3. The molecule has 3 aromatic rings. The molecular weight excluding hydrogens is 391 g/mol. The Morgan fingerprint density at radius 3 is 2.74 bits per heavy atom. The van der Waals surface area contributed by atoms with Crippen molar-refractivity contribution >= 4 is 17.0 Å². The number of allylic oxidation sites excluding steroid dienone is 1. The molecule has 1 unspecified atom stereocenters. The van der Waals surface area contributed by atoms with Crippen LogP contribution in [0.5, 0.6) is 0 Å². The minimum absolute atomic E-state index is 0.249. The van der Waals surface area contributed by atoms with Crippen LogP contribution in [-0.2, 0) is 4.74 Å². The van der Waals surface area contributed by atoms with Crippen LogP contribution in [0, 0.1) is 5.82 Å². The number of fused-ring (bicyclic) bond motifs is 1. The zero-order valence-electron chi connectivity index (χ0n) is 18.4. The summed E-state index contributed by atoms with van der Waals surface area (Å²) in [6.07, 6.45) is 12.2. The molecule has 1 N–H and O–H groups in total.